The maximum atomic E-state index is 4.58. The van der Waals surface area contributed by atoms with Gasteiger partial charge in [0.05, 0.1) is 5.52 Å². The Hall–Kier alpha value is -1.55. The Morgan fingerprint density at radius 2 is 2.18 bits per heavy atom. The predicted octanol–water partition coefficient (Wildman–Crippen LogP) is 1.37. The van der Waals surface area contributed by atoms with E-state index in [1.807, 2.05) is 6.20 Å². The van der Waals surface area contributed by atoms with Crippen LogP contribution >= 0.6 is 0 Å². The monoisotopic (exact) mass is 230 g/mol. The summed E-state index contributed by atoms with van der Waals surface area (Å²) >= 11 is 0. The Morgan fingerprint density at radius 3 is 3.12 bits per heavy atom. The molecule has 0 amide bonds. The van der Waals surface area contributed by atoms with E-state index in [1.54, 1.807) is 0 Å². The molecule has 0 radical (unpaired) electrons. The third kappa shape index (κ3) is 1.89. The first-order valence-electron chi connectivity index (χ1n) is 6.22. The molecule has 1 saturated heterocycles. The topological polar surface area (TPSA) is 33.1 Å². The highest BCUT2D eigenvalue weighted by Gasteiger charge is 2.15. The number of rotatable bonds is 1. The molecular weight excluding hydrogens is 212 g/mol. The summed E-state index contributed by atoms with van der Waals surface area (Å²) in [5.74, 6) is 1.12. The number of hydrogen-bond acceptors (Lipinski definition) is 3. The Labute approximate surface area is 101 Å². The number of aromatic nitrogens is 2. The molecule has 1 fully saturated rings. The first-order valence-corrected chi connectivity index (χ1v) is 6.22. The summed E-state index contributed by atoms with van der Waals surface area (Å²) in [4.78, 5) is 6.97. The Balaban J connectivity index is 2.06. The van der Waals surface area contributed by atoms with Crippen molar-refractivity contribution >= 4 is 16.7 Å². The molecule has 4 nitrogen and oxygen atoms in total. The second-order valence-corrected chi connectivity index (χ2v) is 4.59. The number of aryl methyl sites for hydroxylation is 1. The standard InChI is InChI=1S/C13H18N4/c1-16-9-4-11-3-6-15-13(12(11)16)17-8-2-5-14-7-10-17/h3-4,6,9,14H,2,5,7-8,10H2,1H3. The van der Waals surface area contributed by atoms with Crippen LogP contribution in [0.3, 0.4) is 0 Å². The Kier molecular flexibility index (Phi) is 2.73. The van der Waals surface area contributed by atoms with E-state index in [4.69, 9.17) is 0 Å². The number of nitrogens with one attached hydrogen (secondary N) is 1. The number of anilines is 1. The van der Waals surface area contributed by atoms with Gasteiger partial charge in [0, 0.05) is 44.5 Å². The first-order chi connectivity index (χ1) is 8.36. The minimum atomic E-state index is 1.04. The van der Waals surface area contributed by atoms with Crippen molar-refractivity contribution in [2.45, 2.75) is 6.42 Å². The average molecular weight is 230 g/mol. The number of pyridine rings is 1. The molecule has 0 unspecified atom stereocenters. The first kappa shape index (κ1) is 10.6. The summed E-state index contributed by atoms with van der Waals surface area (Å²) < 4.78 is 2.16. The average Bonchev–Trinajstić information content (AvgIpc) is 2.59. The minimum absolute atomic E-state index is 1.04. The van der Waals surface area contributed by atoms with E-state index in [0.29, 0.717) is 0 Å². The van der Waals surface area contributed by atoms with Gasteiger partial charge in [0.1, 0.15) is 0 Å². The molecular formula is C13H18N4. The van der Waals surface area contributed by atoms with Gasteiger partial charge in [-0.2, -0.15) is 0 Å². The molecule has 1 aliphatic heterocycles. The van der Waals surface area contributed by atoms with Gasteiger partial charge in [-0.15, -0.1) is 0 Å². The zero-order valence-corrected chi connectivity index (χ0v) is 10.2. The van der Waals surface area contributed by atoms with Crippen molar-refractivity contribution in [3.05, 3.63) is 24.5 Å². The summed E-state index contributed by atoms with van der Waals surface area (Å²) in [6.45, 7) is 4.28. The van der Waals surface area contributed by atoms with Crippen molar-refractivity contribution in [2.75, 3.05) is 31.1 Å². The maximum Gasteiger partial charge on any atom is 0.153 e. The highest BCUT2D eigenvalue weighted by Crippen LogP contribution is 2.24. The van der Waals surface area contributed by atoms with Crippen LogP contribution in [0.5, 0.6) is 0 Å². The molecule has 0 atom stereocenters. The number of nitrogens with zero attached hydrogens (tertiary/aromatic N) is 3. The van der Waals surface area contributed by atoms with E-state index >= 15 is 0 Å². The van der Waals surface area contributed by atoms with Crippen LogP contribution in [0.25, 0.3) is 10.9 Å². The van der Waals surface area contributed by atoms with Crippen molar-refractivity contribution < 1.29 is 0 Å². The van der Waals surface area contributed by atoms with Crippen molar-refractivity contribution in [1.82, 2.24) is 14.9 Å². The Morgan fingerprint density at radius 1 is 1.24 bits per heavy atom. The van der Waals surface area contributed by atoms with E-state index in [9.17, 15) is 0 Å². The third-order valence-corrected chi connectivity index (χ3v) is 3.41. The van der Waals surface area contributed by atoms with Crippen molar-refractivity contribution in [1.29, 1.82) is 0 Å². The zero-order valence-electron chi connectivity index (χ0n) is 10.2. The molecule has 17 heavy (non-hydrogen) atoms. The number of fused-ring (bicyclic) bond motifs is 1. The van der Waals surface area contributed by atoms with Crippen LogP contribution < -0.4 is 10.2 Å². The Bertz CT molecular complexity index is 509. The summed E-state index contributed by atoms with van der Waals surface area (Å²) in [6.07, 6.45) is 5.20. The molecule has 90 valence electrons. The molecule has 0 spiro atoms. The van der Waals surface area contributed by atoms with Crippen LogP contribution in [0, 0.1) is 0 Å². The number of hydrogen-bond donors (Lipinski definition) is 1. The summed E-state index contributed by atoms with van der Waals surface area (Å²) in [7, 11) is 2.09. The molecule has 1 aliphatic rings. The lowest BCUT2D eigenvalue weighted by Gasteiger charge is -2.22. The highest BCUT2D eigenvalue weighted by molar-refractivity contribution is 5.89. The molecule has 3 heterocycles. The predicted molar refractivity (Wildman–Crippen MR) is 70.4 cm³/mol. The summed E-state index contributed by atoms with van der Waals surface area (Å²) in [5.41, 5.74) is 1.24. The lowest BCUT2D eigenvalue weighted by Crippen LogP contribution is -2.29. The zero-order chi connectivity index (χ0) is 11.7. The molecule has 2 aromatic rings. The van der Waals surface area contributed by atoms with Gasteiger partial charge in [-0.05, 0) is 25.1 Å². The quantitative estimate of drug-likeness (QED) is 0.803. The van der Waals surface area contributed by atoms with Crippen LogP contribution in [0.2, 0.25) is 0 Å². The summed E-state index contributed by atoms with van der Waals surface area (Å²) in [5, 5.41) is 4.70. The lowest BCUT2D eigenvalue weighted by molar-refractivity contribution is 0.724. The van der Waals surface area contributed by atoms with E-state index in [1.165, 1.54) is 17.3 Å². The fourth-order valence-electron chi connectivity index (χ4n) is 2.51. The molecule has 2 aromatic heterocycles. The molecule has 0 bridgehead atoms. The fourth-order valence-corrected chi connectivity index (χ4v) is 2.51. The van der Waals surface area contributed by atoms with Gasteiger partial charge in [-0.3, -0.25) is 0 Å². The molecule has 0 aromatic carbocycles. The highest BCUT2D eigenvalue weighted by atomic mass is 15.2. The molecule has 4 heteroatoms. The third-order valence-electron chi connectivity index (χ3n) is 3.41. The largest absolute Gasteiger partial charge is 0.354 e. The molecule has 1 N–H and O–H groups in total. The van der Waals surface area contributed by atoms with E-state index in [-0.39, 0.29) is 0 Å². The molecule has 0 aliphatic carbocycles. The van der Waals surface area contributed by atoms with Gasteiger partial charge in [0.25, 0.3) is 0 Å². The van der Waals surface area contributed by atoms with Crippen LogP contribution in [-0.2, 0) is 7.05 Å². The molecule has 3 rings (SSSR count). The van der Waals surface area contributed by atoms with Gasteiger partial charge in [-0.25, -0.2) is 4.98 Å². The fraction of sp³-hybridized carbons (Fsp3) is 0.462. The van der Waals surface area contributed by atoms with E-state index in [2.05, 4.69) is 45.1 Å². The smallest absolute Gasteiger partial charge is 0.153 e. The van der Waals surface area contributed by atoms with E-state index in [0.717, 1.165) is 32.0 Å². The molecule has 0 saturated carbocycles. The van der Waals surface area contributed by atoms with E-state index < -0.39 is 0 Å². The van der Waals surface area contributed by atoms with Crippen LogP contribution in [0.4, 0.5) is 5.82 Å². The lowest BCUT2D eigenvalue weighted by atomic mass is 10.3. The SMILES string of the molecule is Cn1ccc2ccnc(N3CCCNCC3)c21. The van der Waals surface area contributed by atoms with Gasteiger partial charge in [-0.1, -0.05) is 0 Å². The van der Waals surface area contributed by atoms with Gasteiger partial charge in [0.2, 0.25) is 0 Å². The van der Waals surface area contributed by atoms with Crippen molar-refractivity contribution in [3.8, 4) is 0 Å². The van der Waals surface area contributed by atoms with Crippen molar-refractivity contribution in [2.24, 2.45) is 7.05 Å². The minimum Gasteiger partial charge on any atom is -0.354 e. The maximum absolute atomic E-state index is 4.58. The second kappa shape index (κ2) is 4.37. The van der Waals surface area contributed by atoms with Gasteiger partial charge < -0.3 is 14.8 Å². The second-order valence-electron chi connectivity index (χ2n) is 4.59. The van der Waals surface area contributed by atoms with Gasteiger partial charge >= 0.3 is 0 Å². The van der Waals surface area contributed by atoms with Crippen LogP contribution in [-0.4, -0.2) is 35.7 Å². The summed E-state index contributed by atoms with van der Waals surface area (Å²) in [6, 6.07) is 4.23. The van der Waals surface area contributed by atoms with Crippen LogP contribution in [0.15, 0.2) is 24.5 Å². The van der Waals surface area contributed by atoms with Crippen LogP contribution in [0.1, 0.15) is 6.42 Å². The normalized spacial score (nSPS) is 17.4. The van der Waals surface area contributed by atoms with Crippen molar-refractivity contribution in [3.63, 3.8) is 0 Å². The van der Waals surface area contributed by atoms with Gasteiger partial charge in [0.15, 0.2) is 5.82 Å².